The molecule has 0 fully saturated rings. The number of hydrogen-bond acceptors (Lipinski definition) is 5. The molecule has 0 bridgehead atoms. The summed E-state index contributed by atoms with van der Waals surface area (Å²) < 4.78 is 10.3. The van der Waals surface area contributed by atoms with Crippen molar-refractivity contribution in [2.75, 3.05) is 27.3 Å². The van der Waals surface area contributed by atoms with Crippen molar-refractivity contribution in [2.24, 2.45) is 0 Å². The lowest BCUT2D eigenvalue weighted by Gasteiger charge is -2.20. The number of aromatic amines is 1. The van der Waals surface area contributed by atoms with Crippen LogP contribution in [0.1, 0.15) is 29.8 Å². The molecule has 2 aromatic carbocycles. The van der Waals surface area contributed by atoms with Gasteiger partial charge in [0.2, 0.25) is 0 Å². The SMILES string of the molecule is CCN(CC)Cc1cc(-c2nc3ccc(C(=O)OC)cc3[nH]2)ccc1OC. The minimum atomic E-state index is -0.362. The van der Waals surface area contributed by atoms with E-state index in [1.165, 1.54) is 7.11 Å². The minimum absolute atomic E-state index is 0.362. The summed E-state index contributed by atoms with van der Waals surface area (Å²) in [6.07, 6.45) is 0. The Labute approximate surface area is 159 Å². The molecule has 0 atom stereocenters. The van der Waals surface area contributed by atoms with Gasteiger partial charge < -0.3 is 14.5 Å². The first-order valence-electron chi connectivity index (χ1n) is 9.07. The van der Waals surface area contributed by atoms with Crippen LogP contribution in [-0.4, -0.2) is 48.1 Å². The van der Waals surface area contributed by atoms with Gasteiger partial charge in [-0.3, -0.25) is 4.90 Å². The molecule has 142 valence electrons. The summed E-state index contributed by atoms with van der Waals surface area (Å²) in [4.78, 5) is 22.0. The Morgan fingerprint density at radius 3 is 2.56 bits per heavy atom. The van der Waals surface area contributed by atoms with Crippen molar-refractivity contribution in [3.8, 4) is 17.1 Å². The fourth-order valence-electron chi connectivity index (χ4n) is 3.13. The predicted octanol–water partition coefficient (Wildman–Crippen LogP) is 3.87. The zero-order valence-corrected chi connectivity index (χ0v) is 16.2. The van der Waals surface area contributed by atoms with Crippen molar-refractivity contribution in [1.29, 1.82) is 0 Å². The maximum Gasteiger partial charge on any atom is 0.337 e. The fraction of sp³-hybridized carbons (Fsp3) is 0.333. The number of benzene rings is 2. The molecule has 1 aromatic heterocycles. The molecule has 3 aromatic rings. The Balaban J connectivity index is 1.99. The number of methoxy groups -OCH3 is 2. The van der Waals surface area contributed by atoms with Crippen molar-refractivity contribution in [1.82, 2.24) is 14.9 Å². The van der Waals surface area contributed by atoms with E-state index in [2.05, 4.69) is 34.8 Å². The molecule has 0 spiro atoms. The zero-order chi connectivity index (χ0) is 19.4. The van der Waals surface area contributed by atoms with Gasteiger partial charge >= 0.3 is 5.97 Å². The second kappa shape index (κ2) is 8.22. The van der Waals surface area contributed by atoms with Crippen molar-refractivity contribution in [2.45, 2.75) is 20.4 Å². The van der Waals surface area contributed by atoms with Gasteiger partial charge in [0.1, 0.15) is 11.6 Å². The Hall–Kier alpha value is -2.86. The number of ether oxygens (including phenoxy) is 2. The summed E-state index contributed by atoms with van der Waals surface area (Å²) in [7, 11) is 3.07. The molecule has 3 rings (SSSR count). The molecule has 0 saturated carbocycles. The minimum Gasteiger partial charge on any atom is -0.496 e. The van der Waals surface area contributed by atoms with Gasteiger partial charge in [0, 0.05) is 17.7 Å². The van der Waals surface area contributed by atoms with Crippen LogP contribution in [0.15, 0.2) is 36.4 Å². The third-order valence-electron chi connectivity index (χ3n) is 4.75. The van der Waals surface area contributed by atoms with Crippen LogP contribution in [0.25, 0.3) is 22.4 Å². The molecule has 6 heteroatoms. The normalized spacial score (nSPS) is 11.1. The largest absolute Gasteiger partial charge is 0.496 e. The third kappa shape index (κ3) is 3.95. The number of imidazole rings is 1. The molecular weight excluding hydrogens is 342 g/mol. The van der Waals surface area contributed by atoms with Crippen LogP contribution in [0, 0.1) is 0 Å². The highest BCUT2D eigenvalue weighted by Gasteiger charge is 2.13. The molecular formula is C21H25N3O3. The van der Waals surface area contributed by atoms with Crippen LogP contribution in [-0.2, 0) is 11.3 Å². The van der Waals surface area contributed by atoms with Gasteiger partial charge in [-0.2, -0.15) is 0 Å². The van der Waals surface area contributed by atoms with Gasteiger partial charge in [-0.25, -0.2) is 9.78 Å². The van der Waals surface area contributed by atoms with Gasteiger partial charge in [-0.05, 0) is 49.5 Å². The van der Waals surface area contributed by atoms with E-state index in [1.807, 2.05) is 18.2 Å². The van der Waals surface area contributed by atoms with E-state index in [9.17, 15) is 4.79 Å². The van der Waals surface area contributed by atoms with Gasteiger partial charge in [0.25, 0.3) is 0 Å². The van der Waals surface area contributed by atoms with E-state index in [0.29, 0.717) is 5.56 Å². The highest BCUT2D eigenvalue weighted by Crippen LogP contribution is 2.28. The Kier molecular flexibility index (Phi) is 5.76. The van der Waals surface area contributed by atoms with E-state index in [1.54, 1.807) is 19.2 Å². The molecule has 0 aliphatic heterocycles. The van der Waals surface area contributed by atoms with E-state index < -0.39 is 0 Å². The summed E-state index contributed by atoms with van der Waals surface area (Å²) >= 11 is 0. The lowest BCUT2D eigenvalue weighted by atomic mass is 10.1. The number of hydrogen-bond donors (Lipinski definition) is 1. The topological polar surface area (TPSA) is 67.5 Å². The van der Waals surface area contributed by atoms with Crippen LogP contribution in [0.3, 0.4) is 0 Å². The van der Waals surface area contributed by atoms with E-state index in [4.69, 9.17) is 9.47 Å². The highest BCUT2D eigenvalue weighted by molar-refractivity contribution is 5.94. The molecule has 6 nitrogen and oxygen atoms in total. The number of carbonyl (C=O) groups is 1. The van der Waals surface area contributed by atoms with Crippen LogP contribution in [0.5, 0.6) is 5.75 Å². The number of rotatable bonds is 7. The van der Waals surface area contributed by atoms with Gasteiger partial charge in [-0.1, -0.05) is 13.8 Å². The number of aromatic nitrogens is 2. The molecule has 0 aliphatic carbocycles. The quantitative estimate of drug-likeness (QED) is 0.642. The van der Waals surface area contributed by atoms with Gasteiger partial charge in [-0.15, -0.1) is 0 Å². The van der Waals surface area contributed by atoms with Crippen molar-refractivity contribution < 1.29 is 14.3 Å². The number of carbonyl (C=O) groups excluding carboxylic acids is 1. The van der Waals surface area contributed by atoms with Gasteiger partial charge in [0.05, 0.1) is 30.8 Å². The first kappa shape index (κ1) is 18.9. The first-order valence-corrected chi connectivity index (χ1v) is 9.07. The summed E-state index contributed by atoms with van der Waals surface area (Å²) in [5.41, 5.74) is 4.20. The van der Waals surface area contributed by atoms with Crippen LogP contribution >= 0.6 is 0 Å². The molecule has 1 heterocycles. The average Bonchev–Trinajstić information content (AvgIpc) is 3.14. The lowest BCUT2D eigenvalue weighted by molar-refractivity contribution is 0.0601. The summed E-state index contributed by atoms with van der Waals surface area (Å²) in [5.74, 6) is 1.27. The van der Waals surface area contributed by atoms with Crippen molar-refractivity contribution in [3.05, 3.63) is 47.5 Å². The molecule has 1 N–H and O–H groups in total. The van der Waals surface area contributed by atoms with Crippen LogP contribution in [0.2, 0.25) is 0 Å². The highest BCUT2D eigenvalue weighted by atomic mass is 16.5. The summed E-state index contributed by atoms with van der Waals surface area (Å²) in [6, 6.07) is 11.4. The summed E-state index contributed by atoms with van der Waals surface area (Å²) in [6.45, 7) is 7.07. The second-order valence-corrected chi connectivity index (χ2v) is 6.30. The maximum absolute atomic E-state index is 11.7. The molecule has 0 unspecified atom stereocenters. The van der Waals surface area contributed by atoms with Crippen molar-refractivity contribution in [3.63, 3.8) is 0 Å². The average molecular weight is 367 g/mol. The first-order chi connectivity index (χ1) is 13.1. The zero-order valence-electron chi connectivity index (χ0n) is 16.2. The van der Waals surface area contributed by atoms with Crippen LogP contribution < -0.4 is 4.74 Å². The monoisotopic (exact) mass is 367 g/mol. The van der Waals surface area contributed by atoms with E-state index in [0.717, 1.165) is 53.4 Å². The van der Waals surface area contributed by atoms with Gasteiger partial charge in [0.15, 0.2) is 0 Å². The molecule has 27 heavy (non-hydrogen) atoms. The van der Waals surface area contributed by atoms with Crippen molar-refractivity contribution >= 4 is 17.0 Å². The number of esters is 1. The van der Waals surface area contributed by atoms with Crippen LogP contribution in [0.4, 0.5) is 0 Å². The maximum atomic E-state index is 11.7. The lowest BCUT2D eigenvalue weighted by Crippen LogP contribution is -2.22. The molecule has 0 amide bonds. The predicted molar refractivity (Wildman–Crippen MR) is 106 cm³/mol. The third-order valence-corrected chi connectivity index (χ3v) is 4.75. The second-order valence-electron chi connectivity index (χ2n) is 6.30. The Bertz CT molecular complexity index is 945. The summed E-state index contributed by atoms with van der Waals surface area (Å²) in [5, 5.41) is 0. The molecule has 0 aliphatic rings. The Morgan fingerprint density at radius 2 is 1.89 bits per heavy atom. The van der Waals surface area contributed by atoms with E-state index >= 15 is 0 Å². The number of nitrogens with one attached hydrogen (secondary N) is 1. The molecule has 0 saturated heterocycles. The number of H-pyrrole nitrogens is 1. The van der Waals surface area contributed by atoms with E-state index in [-0.39, 0.29) is 5.97 Å². The Morgan fingerprint density at radius 1 is 1.11 bits per heavy atom. The number of nitrogens with zero attached hydrogens (tertiary/aromatic N) is 2. The smallest absolute Gasteiger partial charge is 0.337 e. The standard InChI is InChI=1S/C21H25N3O3/c1-5-24(6-2)13-16-11-14(8-10-19(16)26-3)20-22-17-9-7-15(21(25)27-4)12-18(17)23-20/h7-12H,5-6,13H2,1-4H3,(H,22,23). The number of fused-ring (bicyclic) bond motifs is 1. The fourth-order valence-corrected chi connectivity index (χ4v) is 3.13. The molecule has 0 radical (unpaired) electrons.